The minimum absolute atomic E-state index is 0.0467. The molecule has 126 valence electrons. The Labute approximate surface area is 147 Å². The number of rotatable bonds is 3. The van der Waals surface area contributed by atoms with E-state index in [-0.39, 0.29) is 18.4 Å². The van der Waals surface area contributed by atoms with E-state index in [1.165, 1.54) is 17.5 Å². The normalized spacial score (nSPS) is 25.9. The summed E-state index contributed by atoms with van der Waals surface area (Å²) >= 11 is 7.35. The number of hydrogen-bond donors (Lipinski definition) is 2. The Hall–Kier alpha value is -1.86. The molecule has 2 N–H and O–H groups in total. The third kappa shape index (κ3) is 2.26. The first-order valence-electron chi connectivity index (χ1n) is 7.83. The monoisotopic (exact) mass is 365 g/mol. The zero-order chi connectivity index (χ0) is 16.9. The van der Waals surface area contributed by atoms with Gasteiger partial charge in [0.15, 0.2) is 0 Å². The van der Waals surface area contributed by atoms with Gasteiger partial charge in [-0.25, -0.2) is 0 Å². The van der Waals surface area contributed by atoms with Gasteiger partial charge in [0.1, 0.15) is 0 Å². The molecule has 6 nitrogen and oxygen atoms in total. The average molecular weight is 366 g/mol. The van der Waals surface area contributed by atoms with Gasteiger partial charge in [0.05, 0.1) is 32.1 Å². The lowest BCUT2D eigenvalue weighted by Crippen LogP contribution is -2.37. The lowest BCUT2D eigenvalue weighted by molar-refractivity contribution is -0.149. The molecule has 1 saturated carbocycles. The van der Waals surface area contributed by atoms with Crippen molar-refractivity contribution in [3.8, 4) is 10.6 Å². The first-order valence-corrected chi connectivity index (χ1v) is 9.02. The largest absolute Gasteiger partial charge is 0.481 e. The van der Waals surface area contributed by atoms with E-state index in [1.54, 1.807) is 11.0 Å². The first kappa shape index (κ1) is 15.7. The van der Waals surface area contributed by atoms with Crippen molar-refractivity contribution in [2.24, 2.45) is 11.3 Å². The first-order chi connectivity index (χ1) is 11.5. The minimum atomic E-state index is -0.780. The summed E-state index contributed by atoms with van der Waals surface area (Å²) in [5, 5.41) is 16.5. The maximum atomic E-state index is 12.9. The molecule has 8 heteroatoms. The number of carboxylic acid groups (broad SMARTS) is 1. The Bertz CT molecular complexity index is 817. The zero-order valence-electron chi connectivity index (χ0n) is 12.8. The number of aromatic amines is 1. The number of nitrogens with zero attached hydrogens (tertiary/aromatic N) is 2. The smallest absolute Gasteiger partial charge is 0.311 e. The number of likely N-dealkylation sites (tertiary alicyclic amines) is 1. The summed E-state index contributed by atoms with van der Waals surface area (Å²) in [6.45, 7) is 0.780. The van der Waals surface area contributed by atoms with E-state index in [4.69, 9.17) is 11.6 Å². The molecule has 2 aromatic heterocycles. The van der Waals surface area contributed by atoms with Crippen LogP contribution in [0.1, 0.15) is 29.6 Å². The van der Waals surface area contributed by atoms with Crippen LogP contribution in [0.3, 0.4) is 0 Å². The second-order valence-electron chi connectivity index (χ2n) is 6.50. The minimum Gasteiger partial charge on any atom is -0.481 e. The Balaban J connectivity index is 1.62. The molecular formula is C16H16ClN3O3S. The molecule has 0 unspecified atom stereocenters. The van der Waals surface area contributed by atoms with E-state index in [0.29, 0.717) is 28.6 Å². The van der Waals surface area contributed by atoms with E-state index in [2.05, 4.69) is 10.2 Å². The molecule has 0 spiro atoms. The third-order valence-corrected chi connectivity index (χ3v) is 6.52. The quantitative estimate of drug-likeness (QED) is 0.874. The molecule has 3 heterocycles. The van der Waals surface area contributed by atoms with Crippen LogP contribution in [0.5, 0.6) is 0 Å². The van der Waals surface area contributed by atoms with Gasteiger partial charge >= 0.3 is 5.97 Å². The highest BCUT2D eigenvalue weighted by Gasteiger charge is 2.56. The van der Waals surface area contributed by atoms with Crippen molar-refractivity contribution in [2.45, 2.75) is 19.3 Å². The standard InChI is InChI=1S/C16H16ClN3O3S/c17-12-4-3-11(24-12)13-10(6-18-19-13)14(21)20-7-9-2-1-5-16(9,8-20)15(22)23/h3-4,6,9H,1-2,5,7-8H2,(H,18,19)(H,22,23)/t9-,16+/m0/s1. The molecular weight excluding hydrogens is 350 g/mol. The van der Waals surface area contributed by atoms with Crippen molar-refractivity contribution < 1.29 is 14.7 Å². The van der Waals surface area contributed by atoms with Gasteiger partial charge in [0, 0.05) is 13.1 Å². The molecule has 0 radical (unpaired) electrons. The Kier molecular flexibility index (Phi) is 3.65. The Morgan fingerprint density at radius 1 is 1.46 bits per heavy atom. The van der Waals surface area contributed by atoms with Crippen molar-refractivity contribution >= 4 is 34.8 Å². The summed E-state index contributed by atoms with van der Waals surface area (Å²) in [5.74, 6) is -0.901. The molecule has 1 saturated heterocycles. The van der Waals surface area contributed by atoms with Gasteiger partial charge in [-0.15, -0.1) is 11.3 Å². The highest BCUT2D eigenvalue weighted by molar-refractivity contribution is 7.19. The molecule has 0 bridgehead atoms. The summed E-state index contributed by atoms with van der Waals surface area (Å²) in [5.41, 5.74) is 0.332. The van der Waals surface area contributed by atoms with Gasteiger partial charge in [0.25, 0.3) is 5.91 Å². The fraction of sp³-hybridized carbons (Fsp3) is 0.438. The molecule has 4 rings (SSSR count). The van der Waals surface area contributed by atoms with Crippen LogP contribution in [0.25, 0.3) is 10.6 Å². The predicted molar refractivity (Wildman–Crippen MR) is 90.2 cm³/mol. The molecule has 2 atom stereocenters. The van der Waals surface area contributed by atoms with Crippen molar-refractivity contribution in [2.75, 3.05) is 13.1 Å². The SMILES string of the molecule is O=C(c1cn[nH]c1-c1ccc(Cl)s1)N1C[C@@H]2CCC[C@@]2(C(=O)O)C1. The number of halogens is 1. The topological polar surface area (TPSA) is 86.3 Å². The average Bonchev–Trinajstić information content (AvgIpc) is 3.28. The van der Waals surface area contributed by atoms with Crippen LogP contribution in [-0.2, 0) is 4.79 Å². The number of aromatic nitrogens is 2. The highest BCUT2D eigenvalue weighted by atomic mass is 35.5. The van der Waals surface area contributed by atoms with Gasteiger partial charge in [0.2, 0.25) is 0 Å². The fourth-order valence-electron chi connectivity index (χ4n) is 4.05. The van der Waals surface area contributed by atoms with Crippen LogP contribution < -0.4 is 0 Å². The number of H-pyrrole nitrogens is 1. The Morgan fingerprint density at radius 2 is 2.29 bits per heavy atom. The molecule has 2 aromatic rings. The second-order valence-corrected chi connectivity index (χ2v) is 8.21. The zero-order valence-corrected chi connectivity index (χ0v) is 14.4. The lowest BCUT2D eigenvalue weighted by atomic mass is 9.81. The number of carbonyl (C=O) groups is 2. The van der Waals surface area contributed by atoms with Crippen molar-refractivity contribution in [3.63, 3.8) is 0 Å². The predicted octanol–water partition coefficient (Wildman–Crippen LogP) is 3.12. The van der Waals surface area contributed by atoms with Gasteiger partial charge in [-0.05, 0) is 30.9 Å². The molecule has 2 aliphatic rings. The van der Waals surface area contributed by atoms with Crippen molar-refractivity contribution in [3.05, 3.63) is 28.2 Å². The van der Waals surface area contributed by atoms with Crippen LogP contribution in [0.2, 0.25) is 4.34 Å². The van der Waals surface area contributed by atoms with E-state index >= 15 is 0 Å². The van der Waals surface area contributed by atoms with Crippen molar-refractivity contribution in [1.29, 1.82) is 0 Å². The number of aliphatic carboxylic acids is 1. The number of nitrogens with one attached hydrogen (secondary N) is 1. The van der Waals surface area contributed by atoms with Crippen LogP contribution >= 0.6 is 22.9 Å². The number of amides is 1. The van der Waals surface area contributed by atoms with Crippen LogP contribution in [-0.4, -0.2) is 45.2 Å². The number of thiophene rings is 1. The maximum absolute atomic E-state index is 12.9. The summed E-state index contributed by atoms with van der Waals surface area (Å²) in [7, 11) is 0. The maximum Gasteiger partial charge on any atom is 0.311 e. The second kappa shape index (κ2) is 5.60. The van der Waals surface area contributed by atoms with Gasteiger partial charge in [-0.1, -0.05) is 18.0 Å². The molecule has 1 aliphatic heterocycles. The molecule has 2 fully saturated rings. The van der Waals surface area contributed by atoms with Gasteiger partial charge in [-0.2, -0.15) is 5.10 Å². The molecule has 1 amide bonds. The van der Waals surface area contributed by atoms with E-state index < -0.39 is 11.4 Å². The Morgan fingerprint density at radius 3 is 2.96 bits per heavy atom. The van der Waals surface area contributed by atoms with E-state index in [1.807, 2.05) is 6.07 Å². The highest BCUT2D eigenvalue weighted by Crippen LogP contribution is 2.49. The van der Waals surface area contributed by atoms with E-state index in [9.17, 15) is 14.7 Å². The van der Waals surface area contributed by atoms with Gasteiger partial charge < -0.3 is 10.0 Å². The number of hydrogen-bond acceptors (Lipinski definition) is 4. The fourth-order valence-corrected chi connectivity index (χ4v) is 5.10. The van der Waals surface area contributed by atoms with E-state index in [0.717, 1.165) is 17.7 Å². The van der Waals surface area contributed by atoms with Crippen LogP contribution in [0, 0.1) is 11.3 Å². The van der Waals surface area contributed by atoms with Crippen LogP contribution in [0.15, 0.2) is 18.3 Å². The summed E-state index contributed by atoms with van der Waals surface area (Å²) in [4.78, 5) is 27.2. The van der Waals surface area contributed by atoms with Crippen LogP contribution in [0.4, 0.5) is 0 Å². The number of fused-ring (bicyclic) bond motifs is 1. The van der Waals surface area contributed by atoms with Gasteiger partial charge in [-0.3, -0.25) is 14.7 Å². The third-order valence-electron chi connectivity index (χ3n) is 5.27. The lowest BCUT2D eigenvalue weighted by Gasteiger charge is -2.23. The molecule has 1 aliphatic carbocycles. The number of carbonyl (C=O) groups excluding carboxylic acids is 1. The summed E-state index contributed by atoms with van der Waals surface area (Å²) < 4.78 is 0.638. The molecule has 0 aromatic carbocycles. The molecule has 24 heavy (non-hydrogen) atoms. The summed E-state index contributed by atoms with van der Waals surface area (Å²) in [6, 6.07) is 3.62. The van der Waals surface area contributed by atoms with Crippen molar-refractivity contribution in [1.82, 2.24) is 15.1 Å². The summed E-state index contributed by atoms with van der Waals surface area (Å²) in [6.07, 6.45) is 3.95. The number of carboxylic acids is 1.